The number of benzene rings is 2. The number of halogens is 1. The molecule has 3 nitrogen and oxygen atoms in total. The van der Waals surface area contributed by atoms with E-state index in [1.54, 1.807) is 29.5 Å². The summed E-state index contributed by atoms with van der Waals surface area (Å²) in [6, 6.07) is 15.3. The largest absolute Gasteiger partial charge is 0.489 e. The van der Waals surface area contributed by atoms with Gasteiger partial charge in [-0.1, -0.05) is 28.1 Å². The van der Waals surface area contributed by atoms with Crippen LogP contribution >= 0.6 is 27.3 Å². The lowest BCUT2D eigenvalue weighted by Gasteiger charge is -2.07. The summed E-state index contributed by atoms with van der Waals surface area (Å²) < 4.78 is 12.6. The minimum Gasteiger partial charge on any atom is -0.489 e. The minimum atomic E-state index is -0.0905. The number of fused-ring (bicyclic) bond motifs is 1. The molecule has 2 heterocycles. The van der Waals surface area contributed by atoms with Crippen molar-refractivity contribution in [3.05, 3.63) is 85.7 Å². The molecule has 5 heteroatoms. The number of ketones is 1. The van der Waals surface area contributed by atoms with Crippen LogP contribution in [-0.2, 0) is 6.61 Å². The number of ether oxygens (including phenoxy) is 2. The van der Waals surface area contributed by atoms with Crippen LogP contribution in [0.3, 0.4) is 0 Å². The Hall–Kier alpha value is -2.37. The summed E-state index contributed by atoms with van der Waals surface area (Å²) in [5, 5.41) is 2.00. The van der Waals surface area contributed by atoms with E-state index in [4.69, 9.17) is 9.47 Å². The van der Waals surface area contributed by atoms with E-state index >= 15 is 0 Å². The molecule has 0 spiro atoms. The highest BCUT2D eigenvalue weighted by molar-refractivity contribution is 9.10. The van der Waals surface area contributed by atoms with Gasteiger partial charge >= 0.3 is 0 Å². The van der Waals surface area contributed by atoms with Crippen molar-refractivity contribution in [1.82, 2.24) is 0 Å². The van der Waals surface area contributed by atoms with Gasteiger partial charge in [-0.2, -0.15) is 0 Å². The zero-order valence-corrected chi connectivity index (χ0v) is 16.4. The second-order valence-electron chi connectivity index (χ2n) is 5.98. The highest BCUT2D eigenvalue weighted by Gasteiger charge is 2.28. The molecule has 0 radical (unpaired) electrons. The van der Waals surface area contributed by atoms with Gasteiger partial charge in [-0.3, -0.25) is 4.79 Å². The van der Waals surface area contributed by atoms with Gasteiger partial charge in [-0.25, -0.2) is 0 Å². The van der Waals surface area contributed by atoms with Crippen molar-refractivity contribution < 1.29 is 14.3 Å². The Morgan fingerprint density at radius 3 is 2.69 bits per heavy atom. The molecule has 0 fully saturated rings. The Balaban J connectivity index is 1.51. The van der Waals surface area contributed by atoms with Gasteiger partial charge in [0.15, 0.2) is 5.76 Å². The standard InChI is InChI=1S/C21H15BrO3S/c1-13-8-9-26-20(13)11-19-21(23)17-7-6-16(10-18(17)25-19)24-12-14-2-4-15(22)5-3-14/h2-11H,12H2,1H3/b19-11-. The first-order valence-corrected chi connectivity index (χ1v) is 9.77. The van der Waals surface area contributed by atoms with Crippen LogP contribution in [0.25, 0.3) is 6.08 Å². The number of hydrogen-bond acceptors (Lipinski definition) is 4. The second kappa shape index (κ2) is 7.09. The fourth-order valence-electron chi connectivity index (χ4n) is 2.66. The summed E-state index contributed by atoms with van der Waals surface area (Å²) >= 11 is 5.01. The van der Waals surface area contributed by atoms with Gasteiger partial charge in [0.05, 0.1) is 5.56 Å². The number of aryl methyl sites for hydroxylation is 1. The predicted octanol–water partition coefficient (Wildman–Crippen LogP) is 6.01. The summed E-state index contributed by atoms with van der Waals surface area (Å²) in [4.78, 5) is 13.6. The Morgan fingerprint density at radius 1 is 1.15 bits per heavy atom. The van der Waals surface area contributed by atoms with E-state index in [0.29, 0.717) is 29.4 Å². The zero-order chi connectivity index (χ0) is 18.1. The molecule has 0 aliphatic carbocycles. The summed E-state index contributed by atoms with van der Waals surface area (Å²) in [6.45, 7) is 2.47. The van der Waals surface area contributed by atoms with E-state index < -0.39 is 0 Å². The molecular formula is C21H15BrO3S. The van der Waals surface area contributed by atoms with Crippen molar-refractivity contribution >= 4 is 39.1 Å². The maximum atomic E-state index is 12.5. The van der Waals surface area contributed by atoms with Gasteiger partial charge in [0.25, 0.3) is 0 Å². The number of allylic oxidation sites excluding steroid dienone is 1. The average Bonchev–Trinajstić information content (AvgIpc) is 3.18. The summed E-state index contributed by atoms with van der Waals surface area (Å²) in [6.07, 6.45) is 1.81. The SMILES string of the molecule is Cc1ccsc1/C=C1\Oc2cc(OCc3ccc(Br)cc3)ccc2C1=O. The van der Waals surface area contributed by atoms with Crippen LogP contribution in [0.2, 0.25) is 0 Å². The molecule has 1 aliphatic heterocycles. The van der Waals surface area contributed by atoms with Crippen LogP contribution in [0.1, 0.15) is 26.4 Å². The highest BCUT2D eigenvalue weighted by atomic mass is 79.9. The number of rotatable bonds is 4. The number of thiophene rings is 1. The molecule has 0 saturated carbocycles. The molecule has 0 unspecified atom stereocenters. The van der Waals surface area contributed by atoms with Crippen LogP contribution in [0.5, 0.6) is 11.5 Å². The van der Waals surface area contributed by atoms with Crippen molar-refractivity contribution in [3.63, 3.8) is 0 Å². The van der Waals surface area contributed by atoms with Crippen molar-refractivity contribution in [1.29, 1.82) is 0 Å². The monoisotopic (exact) mass is 426 g/mol. The van der Waals surface area contributed by atoms with Crippen LogP contribution in [0, 0.1) is 6.92 Å². The van der Waals surface area contributed by atoms with Crippen LogP contribution < -0.4 is 9.47 Å². The lowest BCUT2D eigenvalue weighted by Crippen LogP contribution is -1.97. The van der Waals surface area contributed by atoms with Crippen LogP contribution in [0.15, 0.2) is 64.1 Å². The molecule has 0 bridgehead atoms. The van der Waals surface area contributed by atoms with Crippen molar-refractivity contribution in [3.8, 4) is 11.5 Å². The molecule has 0 N–H and O–H groups in total. The Labute approximate surface area is 164 Å². The van der Waals surface area contributed by atoms with Crippen LogP contribution in [0.4, 0.5) is 0 Å². The smallest absolute Gasteiger partial charge is 0.232 e. The number of carbonyl (C=O) groups is 1. The van der Waals surface area contributed by atoms with Gasteiger partial charge < -0.3 is 9.47 Å². The van der Waals surface area contributed by atoms with E-state index in [1.165, 1.54) is 0 Å². The Morgan fingerprint density at radius 2 is 1.96 bits per heavy atom. The molecule has 4 rings (SSSR count). The summed E-state index contributed by atoms with van der Waals surface area (Å²) in [5.41, 5.74) is 2.77. The first-order valence-electron chi connectivity index (χ1n) is 8.10. The van der Waals surface area contributed by atoms with Gasteiger partial charge in [-0.15, -0.1) is 11.3 Å². The number of hydrogen-bond donors (Lipinski definition) is 0. The first kappa shape index (κ1) is 17.1. The Bertz CT molecular complexity index is 1000. The fourth-order valence-corrected chi connectivity index (χ4v) is 3.77. The molecule has 26 heavy (non-hydrogen) atoms. The lowest BCUT2D eigenvalue weighted by molar-refractivity contribution is 0.101. The molecule has 0 amide bonds. The predicted molar refractivity (Wildman–Crippen MR) is 107 cm³/mol. The average molecular weight is 427 g/mol. The minimum absolute atomic E-state index is 0.0905. The van der Waals surface area contributed by atoms with E-state index in [-0.39, 0.29) is 5.78 Å². The van der Waals surface area contributed by atoms with E-state index in [2.05, 4.69) is 15.9 Å². The highest BCUT2D eigenvalue weighted by Crippen LogP contribution is 2.35. The van der Waals surface area contributed by atoms with Crippen molar-refractivity contribution in [2.45, 2.75) is 13.5 Å². The molecule has 3 aromatic rings. The number of Topliss-reactive ketones (excluding diaryl/α,β-unsaturated/α-hetero) is 1. The molecule has 1 aromatic heterocycles. The third kappa shape index (κ3) is 3.45. The van der Waals surface area contributed by atoms with Gasteiger partial charge in [0.2, 0.25) is 5.78 Å². The van der Waals surface area contributed by atoms with Crippen molar-refractivity contribution in [2.75, 3.05) is 0 Å². The molecule has 0 saturated heterocycles. The second-order valence-corrected chi connectivity index (χ2v) is 7.84. The van der Waals surface area contributed by atoms with Crippen LogP contribution in [-0.4, -0.2) is 5.78 Å². The molecular weight excluding hydrogens is 412 g/mol. The molecule has 0 atom stereocenters. The van der Waals surface area contributed by atoms with Crippen molar-refractivity contribution in [2.24, 2.45) is 0 Å². The van der Waals surface area contributed by atoms with Gasteiger partial charge in [-0.05, 0) is 53.8 Å². The lowest BCUT2D eigenvalue weighted by atomic mass is 10.1. The van der Waals surface area contributed by atoms with E-state index in [1.807, 2.05) is 48.7 Å². The first-order chi connectivity index (χ1) is 12.6. The third-order valence-corrected chi connectivity index (χ3v) is 5.62. The van der Waals surface area contributed by atoms with E-state index in [0.717, 1.165) is 20.5 Å². The maximum absolute atomic E-state index is 12.5. The van der Waals surface area contributed by atoms with E-state index in [9.17, 15) is 4.79 Å². The summed E-state index contributed by atoms with van der Waals surface area (Å²) in [7, 11) is 0. The topological polar surface area (TPSA) is 35.5 Å². The number of carbonyl (C=O) groups excluding carboxylic acids is 1. The third-order valence-electron chi connectivity index (χ3n) is 4.12. The fraction of sp³-hybridized carbons (Fsp3) is 0.0952. The van der Waals surface area contributed by atoms with Gasteiger partial charge in [0, 0.05) is 21.5 Å². The molecule has 2 aromatic carbocycles. The van der Waals surface area contributed by atoms with Gasteiger partial charge in [0.1, 0.15) is 18.1 Å². The zero-order valence-electron chi connectivity index (χ0n) is 14.0. The normalized spacial score (nSPS) is 14.4. The summed E-state index contributed by atoms with van der Waals surface area (Å²) in [5.74, 6) is 1.49. The maximum Gasteiger partial charge on any atom is 0.232 e. The quantitative estimate of drug-likeness (QED) is 0.478. The Kier molecular flexibility index (Phi) is 4.66. The molecule has 1 aliphatic rings. The molecule has 130 valence electrons.